The Balaban J connectivity index is 2.17. The summed E-state index contributed by atoms with van der Waals surface area (Å²) >= 11 is 0. The third-order valence-corrected chi connectivity index (χ3v) is 3.79. The van der Waals surface area contributed by atoms with E-state index in [1.165, 1.54) is 36.0 Å². The predicted octanol–water partition coefficient (Wildman–Crippen LogP) is 3.53. The Hall–Kier alpha value is -1.57. The van der Waals surface area contributed by atoms with Crippen LogP contribution < -0.4 is 0 Å². The summed E-state index contributed by atoms with van der Waals surface area (Å²) < 4.78 is 1.88. The van der Waals surface area contributed by atoms with Gasteiger partial charge >= 0.3 is 0 Å². The van der Waals surface area contributed by atoms with Crippen molar-refractivity contribution in [1.29, 1.82) is 0 Å². The Kier molecular flexibility index (Phi) is 2.50. The summed E-state index contributed by atoms with van der Waals surface area (Å²) in [6, 6.07) is 6.70. The zero-order valence-electron chi connectivity index (χ0n) is 10.5. The molecule has 2 aromatic rings. The molecule has 17 heavy (non-hydrogen) atoms. The molecular formula is C15H18N2. The number of rotatable bonds is 1. The molecular weight excluding hydrogens is 208 g/mol. The monoisotopic (exact) mass is 226 g/mol. The maximum atomic E-state index is 4.28. The second-order valence-electron chi connectivity index (χ2n) is 5.07. The molecule has 0 radical (unpaired) electrons. The Morgan fingerprint density at radius 2 is 2.24 bits per heavy atom. The first-order valence-electron chi connectivity index (χ1n) is 6.36. The molecule has 0 amide bonds. The molecule has 2 heteroatoms. The van der Waals surface area contributed by atoms with Gasteiger partial charge in [-0.15, -0.1) is 0 Å². The number of benzene rings is 1. The van der Waals surface area contributed by atoms with Crippen molar-refractivity contribution in [2.45, 2.75) is 32.1 Å². The van der Waals surface area contributed by atoms with Gasteiger partial charge < -0.3 is 0 Å². The Morgan fingerprint density at radius 3 is 3.00 bits per heavy atom. The molecule has 0 fully saturated rings. The van der Waals surface area contributed by atoms with Crippen molar-refractivity contribution in [3.63, 3.8) is 0 Å². The molecule has 0 saturated heterocycles. The minimum absolute atomic E-state index is 0.676. The molecule has 3 rings (SSSR count). The van der Waals surface area contributed by atoms with Crippen molar-refractivity contribution < 1.29 is 0 Å². The van der Waals surface area contributed by atoms with E-state index in [4.69, 9.17) is 0 Å². The van der Waals surface area contributed by atoms with E-state index >= 15 is 0 Å². The summed E-state index contributed by atoms with van der Waals surface area (Å²) in [5.41, 5.74) is 5.71. The Morgan fingerprint density at radius 1 is 1.35 bits per heavy atom. The maximum Gasteiger partial charge on any atom is 0.0568 e. The van der Waals surface area contributed by atoms with Crippen molar-refractivity contribution in [1.82, 2.24) is 9.78 Å². The number of aryl methyl sites for hydroxylation is 2. The van der Waals surface area contributed by atoms with Crippen LogP contribution in [0.15, 0.2) is 30.6 Å². The molecule has 1 aliphatic rings. The van der Waals surface area contributed by atoms with Gasteiger partial charge in [-0.3, -0.25) is 4.68 Å². The second-order valence-corrected chi connectivity index (χ2v) is 5.07. The molecule has 1 atom stereocenters. The lowest BCUT2D eigenvalue weighted by Crippen LogP contribution is -2.08. The van der Waals surface area contributed by atoms with Crippen molar-refractivity contribution >= 4 is 0 Å². The Bertz CT molecular complexity index is 540. The highest BCUT2D eigenvalue weighted by Crippen LogP contribution is 2.38. The van der Waals surface area contributed by atoms with Gasteiger partial charge in [0.15, 0.2) is 0 Å². The third kappa shape index (κ3) is 1.78. The normalized spacial score (nSPS) is 19.1. The van der Waals surface area contributed by atoms with Gasteiger partial charge in [0.05, 0.1) is 6.20 Å². The average molecular weight is 226 g/mol. The average Bonchev–Trinajstić information content (AvgIpc) is 2.75. The van der Waals surface area contributed by atoms with Gasteiger partial charge in [0.25, 0.3) is 0 Å². The van der Waals surface area contributed by atoms with E-state index in [0.29, 0.717) is 5.92 Å². The van der Waals surface area contributed by atoms with E-state index in [0.717, 1.165) is 0 Å². The lowest BCUT2D eigenvalue weighted by Gasteiger charge is -2.25. The van der Waals surface area contributed by atoms with Gasteiger partial charge in [-0.1, -0.05) is 25.1 Å². The van der Waals surface area contributed by atoms with Gasteiger partial charge in [0.1, 0.15) is 0 Å². The minimum atomic E-state index is 0.676. The lowest BCUT2D eigenvalue weighted by atomic mass is 9.80. The SMILES string of the molecule is C[C@@H]1CCCc2cccc(-c3cnn(C)c3)c21. The summed E-state index contributed by atoms with van der Waals surface area (Å²) in [7, 11) is 1.97. The van der Waals surface area contributed by atoms with Gasteiger partial charge in [-0.05, 0) is 41.9 Å². The number of nitrogens with zero attached hydrogens (tertiary/aromatic N) is 2. The highest BCUT2D eigenvalue weighted by atomic mass is 15.2. The molecule has 2 nitrogen and oxygen atoms in total. The van der Waals surface area contributed by atoms with E-state index in [2.05, 4.69) is 36.4 Å². The summed E-state index contributed by atoms with van der Waals surface area (Å²) in [6.07, 6.45) is 7.94. The van der Waals surface area contributed by atoms with Crippen LogP contribution in [0.1, 0.15) is 36.8 Å². The first-order valence-corrected chi connectivity index (χ1v) is 6.36. The van der Waals surface area contributed by atoms with Crippen molar-refractivity contribution in [2.24, 2.45) is 7.05 Å². The van der Waals surface area contributed by atoms with Crippen LogP contribution in [0.25, 0.3) is 11.1 Å². The van der Waals surface area contributed by atoms with Crippen molar-refractivity contribution in [2.75, 3.05) is 0 Å². The molecule has 0 unspecified atom stereocenters. The number of aromatic nitrogens is 2. The Labute approximate surface area is 102 Å². The molecule has 0 aliphatic heterocycles. The number of hydrogen-bond acceptors (Lipinski definition) is 1. The van der Waals surface area contributed by atoms with E-state index < -0.39 is 0 Å². The van der Waals surface area contributed by atoms with Crippen LogP contribution in [0.3, 0.4) is 0 Å². The van der Waals surface area contributed by atoms with Gasteiger partial charge in [0.2, 0.25) is 0 Å². The zero-order chi connectivity index (χ0) is 11.8. The fourth-order valence-corrected chi connectivity index (χ4v) is 2.97. The lowest BCUT2D eigenvalue weighted by molar-refractivity contribution is 0.591. The largest absolute Gasteiger partial charge is 0.275 e. The molecule has 1 aromatic heterocycles. The quantitative estimate of drug-likeness (QED) is 0.727. The van der Waals surface area contributed by atoms with Crippen molar-refractivity contribution in [3.05, 3.63) is 41.7 Å². The number of hydrogen-bond donors (Lipinski definition) is 0. The van der Waals surface area contributed by atoms with E-state index in [9.17, 15) is 0 Å². The third-order valence-electron chi connectivity index (χ3n) is 3.79. The van der Waals surface area contributed by atoms with Crippen LogP contribution in [0.5, 0.6) is 0 Å². The fourth-order valence-electron chi connectivity index (χ4n) is 2.97. The first-order chi connectivity index (χ1) is 8.25. The molecule has 0 saturated carbocycles. The van der Waals surface area contributed by atoms with Crippen LogP contribution in [0.2, 0.25) is 0 Å². The summed E-state index contributed by atoms with van der Waals surface area (Å²) in [4.78, 5) is 0. The van der Waals surface area contributed by atoms with Crippen LogP contribution in [0.4, 0.5) is 0 Å². The van der Waals surface area contributed by atoms with Crippen LogP contribution in [-0.2, 0) is 13.5 Å². The molecule has 0 spiro atoms. The molecule has 0 bridgehead atoms. The molecule has 88 valence electrons. The molecule has 1 aliphatic carbocycles. The van der Waals surface area contributed by atoms with Gasteiger partial charge in [0, 0.05) is 18.8 Å². The summed E-state index contributed by atoms with van der Waals surface area (Å²) in [5.74, 6) is 0.676. The fraction of sp³-hybridized carbons (Fsp3) is 0.400. The highest BCUT2D eigenvalue weighted by molar-refractivity contribution is 5.68. The van der Waals surface area contributed by atoms with E-state index in [1.807, 2.05) is 17.9 Å². The topological polar surface area (TPSA) is 17.8 Å². The highest BCUT2D eigenvalue weighted by Gasteiger charge is 2.20. The second kappa shape index (κ2) is 4.02. The standard InChI is InChI=1S/C15H18N2/c1-11-5-3-6-12-7-4-8-14(15(11)12)13-9-16-17(2)10-13/h4,7-11H,3,5-6H2,1-2H3/t11-/m1/s1. The summed E-state index contributed by atoms with van der Waals surface area (Å²) in [5, 5.41) is 4.28. The van der Waals surface area contributed by atoms with E-state index in [-0.39, 0.29) is 0 Å². The molecule has 1 aromatic carbocycles. The predicted molar refractivity (Wildman–Crippen MR) is 70.0 cm³/mol. The van der Waals surface area contributed by atoms with Gasteiger partial charge in [-0.2, -0.15) is 5.10 Å². The molecule has 1 heterocycles. The van der Waals surface area contributed by atoms with Crippen LogP contribution >= 0.6 is 0 Å². The van der Waals surface area contributed by atoms with Crippen molar-refractivity contribution in [3.8, 4) is 11.1 Å². The molecule has 0 N–H and O–H groups in total. The van der Waals surface area contributed by atoms with Crippen LogP contribution in [0, 0.1) is 0 Å². The van der Waals surface area contributed by atoms with Gasteiger partial charge in [-0.25, -0.2) is 0 Å². The van der Waals surface area contributed by atoms with E-state index in [1.54, 1.807) is 5.56 Å². The maximum absolute atomic E-state index is 4.28. The summed E-state index contributed by atoms with van der Waals surface area (Å²) in [6.45, 7) is 2.35. The smallest absolute Gasteiger partial charge is 0.0568 e. The zero-order valence-corrected chi connectivity index (χ0v) is 10.5. The first kappa shape index (κ1) is 10.6. The number of fused-ring (bicyclic) bond motifs is 1. The minimum Gasteiger partial charge on any atom is -0.275 e. The van der Waals surface area contributed by atoms with Crippen LogP contribution in [-0.4, -0.2) is 9.78 Å².